The fourth-order valence-electron chi connectivity index (χ4n) is 2.92. The van der Waals surface area contributed by atoms with Crippen LogP contribution in [0.2, 0.25) is 0 Å². The number of quaternary nitrogens is 1. The molecular weight excluding hydrogens is 295 g/mol. The van der Waals surface area contributed by atoms with Crippen molar-refractivity contribution in [3.63, 3.8) is 0 Å². The highest BCUT2D eigenvalue weighted by Crippen LogP contribution is 2.30. The molecule has 0 bridgehead atoms. The van der Waals surface area contributed by atoms with Crippen LogP contribution in [0.15, 0.2) is 48.7 Å². The third-order valence-corrected chi connectivity index (χ3v) is 4.09. The van der Waals surface area contributed by atoms with Crippen LogP contribution in [0.3, 0.4) is 0 Å². The lowest BCUT2D eigenvalue weighted by Gasteiger charge is -2.25. The van der Waals surface area contributed by atoms with Crippen molar-refractivity contribution >= 4 is 10.9 Å². The smallest absolute Gasteiger partial charge is 0.181 e. The Kier molecular flexibility index (Phi) is 3.63. The Hall–Kier alpha value is -2.53. The first kappa shape index (κ1) is 14.1. The minimum absolute atomic E-state index is 0.0202. The molecule has 1 aliphatic heterocycles. The molecule has 1 atom stereocenters. The maximum Gasteiger partial charge on any atom is 0.181 e. The first-order valence-corrected chi connectivity index (χ1v) is 7.75. The molecule has 4 nitrogen and oxygen atoms in total. The summed E-state index contributed by atoms with van der Waals surface area (Å²) < 4.78 is 25.0. The predicted octanol–water partition coefficient (Wildman–Crippen LogP) is 2.21. The molecule has 0 aliphatic carbocycles. The highest BCUT2D eigenvalue weighted by molar-refractivity contribution is 5.82. The molecule has 118 valence electrons. The van der Waals surface area contributed by atoms with Gasteiger partial charge < -0.3 is 19.8 Å². The summed E-state index contributed by atoms with van der Waals surface area (Å²) in [5.41, 5.74) is 2.05. The number of ether oxygens (including phenoxy) is 2. The number of benzene rings is 2. The zero-order valence-corrected chi connectivity index (χ0v) is 12.6. The molecular formula is C18H18FN2O2+. The number of para-hydroxylation sites is 2. The molecule has 3 N–H and O–H groups in total. The molecule has 3 aromatic rings. The molecule has 0 saturated carbocycles. The van der Waals surface area contributed by atoms with Gasteiger partial charge in [0.15, 0.2) is 17.6 Å². The molecule has 23 heavy (non-hydrogen) atoms. The Morgan fingerprint density at radius 3 is 2.96 bits per heavy atom. The average molecular weight is 313 g/mol. The van der Waals surface area contributed by atoms with E-state index < -0.39 is 0 Å². The van der Waals surface area contributed by atoms with Gasteiger partial charge in [0, 0.05) is 22.7 Å². The van der Waals surface area contributed by atoms with Gasteiger partial charge in [-0.15, -0.1) is 0 Å². The predicted molar refractivity (Wildman–Crippen MR) is 85.1 cm³/mol. The maximum absolute atomic E-state index is 13.4. The van der Waals surface area contributed by atoms with Gasteiger partial charge in [-0.1, -0.05) is 12.1 Å². The van der Waals surface area contributed by atoms with Gasteiger partial charge in [-0.05, 0) is 30.3 Å². The van der Waals surface area contributed by atoms with Gasteiger partial charge in [0.2, 0.25) is 0 Å². The summed E-state index contributed by atoms with van der Waals surface area (Å²) in [5.74, 6) is 1.39. The molecule has 4 rings (SSSR count). The van der Waals surface area contributed by atoms with Crippen molar-refractivity contribution in [1.29, 1.82) is 0 Å². The van der Waals surface area contributed by atoms with Gasteiger partial charge in [-0.2, -0.15) is 0 Å². The number of fused-ring (bicyclic) bond motifs is 2. The number of aromatic amines is 1. The second kappa shape index (κ2) is 5.93. The Bertz CT molecular complexity index is 831. The Morgan fingerprint density at radius 1 is 1.17 bits per heavy atom. The monoisotopic (exact) mass is 313 g/mol. The number of H-pyrrole nitrogens is 1. The third-order valence-electron chi connectivity index (χ3n) is 4.09. The van der Waals surface area contributed by atoms with E-state index >= 15 is 0 Å². The normalized spacial score (nSPS) is 16.7. The van der Waals surface area contributed by atoms with Gasteiger partial charge in [0.05, 0.1) is 0 Å². The highest BCUT2D eigenvalue weighted by Gasteiger charge is 2.21. The minimum atomic E-state index is -0.209. The summed E-state index contributed by atoms with van der Waals surface area (Å²) in [5, 5.41) is 3.10. The first-order valence-electron chi connectivity index (χ1n) is 7.75. The van der Waals surface area contributed by atoms with E-state index in [9.17, 15) is 4.39 Å². The number of halogens is 1. The molecule has 0 fully saturated rings. The molecule has 2 heterocycles. The molecule has 5 heteroatoms. The fourth-order valence-corrected chi connectivity index (χ4v) is 2.92. The van der Waals surface area contributed by atoms with Crippen molar-refractivity contribution in [2.24, 2.45) is 0 Å². The molecule has 0 amide bonds. The number of hydrogen-bond acceptors (Lipinski definition) is 2. The second-order valence-corrected chi connectivity index (χ2v) is 5.73. The van der Waals surface area contributed by atoms with Crippen LogP contribution in [0.1, 0.15) is 5.56 Å². The lowest BCUT2D eigenvalue weighted by Crippen LogP contribution is -2.85. The zero-order chi connectivity index (χ0) is 15.6. The van der Waals surface area contributed by atoms with Crippen LogP contribution >= 0.6 is 0 Å². The largest absolute Gasteiger partial charge is 0.486 e. The van der Waals surface area contributed by atoms with E-state index in [1.807, 2.05) is 30.5 Å². The number of aromatic nitrogens is 1. The Morgan fingerprint density at radius 2 is 2.04 bits per heavy atom. The van der Waals surface area contributed by atoms with E-state index in [4.69, 9.17) is 9.47 Å². The maximum atomic E-state index is 13.4. The van der Waals surface area contributed by atoms with E-state index in [1.165, 1.54) is 6.07 Å². The van der Waals surface area contributed by atoms with Crippen molar-refractivity contribution in [3.05, 3.63) is 60.0 Å². The lowest BCUT2D eigenvalue weighted by molar-refractivity contribution is -0.675. The van der Waals surface area contributed by atoms with Crippen molar-refractivity contribution in [3.8, 4) is 11.5 Å². The summed E-state index contributed by atoms with van der Waals surface area (Å²) >= 11 is 0. The van der Waals surface area contributed by atoms with Gasteiger partial charge in [-0.25, -0.2) is 4.39 Å². The summed E-state index contributed by atoms with van der Waals surface area (Å²) in [7, 11) is 0. The van der Waals surface area contributed by atoms with Gasteiger partial charge in [-0.3, -0.25) is 0 Å². The Balaban J connectivity index is 1.38. The summed E-state index contributed by atoms with van der Waals surface area (Å²) in [6.07, 6.45) is 1.96. The van der Waals surface area contributed by atoms with Gasteiger partial charge in [0.25, 0.3) is 0 Å². The van der Waals surface area contributed by atoms with Crippen LogP contribution in [0.25, 0.3) is 10.9 Å². The summed E-state index contributed by atoms with van der Waals surface area (Å²) in [4.78, 5) is 3.17. The summed E-state index contributed by atoms with van der Waals surface area (Å²) in [6, 6.07) is 12.5. The van der Waals surface area contributed by atoms with Crippen LogP contribution in [-0.2, 0) is 6.54 Å². The minimum Gasteiger partial charge on any atom is -0.486 e. The number of nitrogens with two attached hydrogens (primary N) is 1. The molecule has 1 aromatic heterocycles. The molecule has 1 aliphatic rings. The second-order valence-electron chi connectivity index (χ2n) is 5.73. The van der Waals surface area contributed by atoms with Crippen molar-refractivity contribution < 1.29 is 19.2 Å². The van der Waals surface area contributed by atoms with E-state index in [-0.39, 0.29) is 11.9 Å². The highest BCUT2D eigenvalue weighted by atomic mass is 19.1. The van der Waals surface area contributed by atoms with E-state index in [2.05, 4.69) is 10.3 Å². The fraction of sp³-hybridized carbons (Fsp3) is 0.222. The number of hydrogen-bond donors (Lipinski definition) is 2. The topological polar surface area (TPSA) is 50.9 Å². The number of rotatable bonds is 4. The SMILES string of the molecule is Fc1ccc2[nH]cc(C[NH2+]C[C@@H]3COc4ccccc4O3)c2c1. The molecule has 0 radical (unpaired) electrons. The third kappa shape index (κ3) is 2.87. The van der Waals surface area contributed by atoms with Crippen LogP contribution in [0.5, 0.6) is 11.5 Å². The van der Waals surface area contributed by atoms with Crippen LogP contribution in [-0.4, -0.2) is 24.2 Å². The van der Waals surface area contributed by atoms with Crippen LogP contribution < -0.4 is 14.8 Å². The molecule has 0 spiro atoms. The van der Waals surface area contributed by atoms with E-state index in [0.717, 1.165) is 41.1 Å². The van der Waals surface area contributed by atoms with Crippen molar-refractivity contribution in [2.75, 3.05) is 13.2 Å². The standard InChI is InChI=1S/C18H17FN2O2/c19-13-5-6-16-15(7-13)12(9-21-16)8-20-10-14-11-22-17-3-1-2-4-18(17)23-14/h1-7,9,14,20-21H,8,10-11H2/p+1/t14-/m1/s1. The quantitative estimate of drug-likeness (QED) is 0.776. The van der Waals surface area contributed by atoms with Gasteiger partial charge in [0.1, 0.15) is 25.5 Å². The number of nitrogens with one attached hydrogen (secondary N) is 1. The lowest BCUT2D eigenvalue weighted by atomic mass is 10.1. The van der Waals surface area contributed by atoms with Gasteiger partial charge >= 0.3 is 0 Å². The zero-order valence-electron chi connectivity index (χ0n) is 12.6. The van der Waals surface area contributed by atoms with Crippen LogP contribution in [0.4, 0.5) is 4.39 Å². The van der Waals surface area contributed by atoms with Crippen molar-refractivity contribution in [2.45, 2.75) is 12.6 Å². The van der Waals surface area contributed by atoms with Crippen LogP contribution in [0, 0.1) is 5.82 Å². The molecule has 2 aromatic carbocycles. The van der Waals surface area contributed by atoms with E-state index in [1.54, 1.807) is 12.1 Å². The molecule has 0 saturated heterocycles. The van der Waals surface area contributed by atoms with Crippen molar-refractivity contribution in [1.82, 2.24) is 4.98 Å². The first-order chi connectivity index (χ1) is 11.3. The summed E-state index contributed by atoms with van der Waals surface area (Å²) in [6.45, 7) is 2.11. The average Bonchev–Trinajstić information content (AvgIpc) is 2.97. The van der Waals surface area contributed by atoms with E-state index in [0.29, 0.717) is 6.61 Å². The molecule has 0 unspecified atom stereocenters. The Labute approximate surface area is 133 Å².